The van der Waals surface area contributed by atoms with Crippen LogP contribution in [-0.2, 0) is 0 Å². The molecule has 1 aromatic carbocycles. The van der Waals surface area contributed by atoms with E-state index in [9.17, 15) is 4.79 Å². The maximum Gasteiger partial charge on any atom is 0.251 e. The minimum atomic E-state index is -0.233. The quantitative estimate of drug-likeness (QED) is 0.672. The SMILES string of the molecule is CC(NC(=O)c1ccccc1)c1ccnc(Oc2ccnc(C#CCO)c2)c1. The van der Waals surface area contributed by atoms with Crippen molar-refractivity contribution in [3.05, 3.63) is 83.8 Å². The molecule has 2 N–H and O–H groups in total. The molecule has 0 radical (unpaired) electrons. The first-order chi connectivity index (χ1) is 13.7. The third-order valence-corrected chi connectivity index (χ3v) is 3.89. The summed E-state index contributed by atoms with van der Waals surface area (Å²) in [6.45, 7) is 1.66. The highest BCUT2D eigenvalue weighted by molar-refractivity contribution is 5.94. The number of carbonyl (C=O) groups is 1. The molecule has 0 spiro atoms. The van der Waals surface area contributed by atoms with Crippen molar-refractivity contribution in [2.75, 3.05) is 6.61 Å². The van der Waals surface area contributed by atoms with Crippen LogP contribution < -0.4 is 10.1 Å². The molecular formula is C22H19N3O3. The van der Waals surface area contributed by atoms with Gasteiger partial charge in [-0.1, -0.05) is 24.1 Å². The number of nitrogens with one attached hydrogen (secondary N) is 1. The van der Waals surface area contributed by atoms with Crippen molar-refractivity contribution >= 4 is 5.91 Å². The maximum atomic E-state index is 12.3. The van der Waals surface area contributed by atoms with Crippen molar-refractivity contribution in [1.29, 1.82) is 0 Å². The number of hydrogen-bond acceptors (Lipinski definition) is 5. The topological polar surface area (TPSA) is 84.3 Å². The molecule has 6 nitrogen and oxygen atoms in total. The van der Waals surface area contributed by atoms with Crippen LogP contribution in [0.2, 0.25) is 0 Å². The van der Waals surface area contributed by atoms with Crippen LogP contribution in [-0.4, -0.2) is 27.6 Å². The van der Waals surface area contributed by atoms with Gasteiger partial charge in [0.05, 0.1) is 6.04 Å². The summed E-state index contributed by atoms with van der Waals surface area (Å²) in [4.78, 5) is 20.6. The van der Waals surface area contributed by atoms with Crippen molar-refractivity contribution < 1.29 is 14.6 Å². The van der Waals surface area contributed by atoms with Gasteiger partial charge in [0.2, 0.25) is 5.88 Å². The van der Waals surface area contributed by atoms with Gasteiger partial charge in [-0.15, -0.1) is 0 Å². The number of rotatable bonds is 5. The summed E-state index contributed by atoms with van der Waals surface area (Å²) in [7, 11) is 0. The van der Waals surface area contributed by atoms with E-state index in [2.05, 4.69) is 27.1 Å². The minimum Gasteiger partial charge on any atom is -0.439 e. The zero-order valence-corrected chi connectivity index (χ0v) is 15.3. The summed E-state index contributed by atoms with van der Waals surface area (Å²) in [6, 6.07) is 15.8. The van der Waals surface area contributed by atoms with Gasteiger partial charge in [0.15, 0.2) is 0 Å². The first kappa shape index (κ1) is 19.1. The minimum absolute atomic E-state index is 0.145. The second kappa shape index (κ2) is 9.31. The van der Waals surface area contributed by atoms with E-state index >= 15 is 0 Å². The molecule has 2 heterocycles. The van der Waals surface area contributed by atoms with E-state index in [1.54, 1.807) is 42.7 Å². The van der Waals surface area contributed by atoms with Crippen LogP contribution in [0.4, 0.5) is 0 Å². The van der Waals surface area contributed by atoms with Gasteiger partial charge >= 0.3 is 0 Å². The predicted molar refractivity (Wildman–Crippen MR) is 105 cm³/mol. The Bertz CT molecular complexity index is 1010. The van der Waals surface area contributed by atoms with Crippen LogP contribution in [0.25, 0.3) is 0 Å². The number of nitrogens with zero attached hydrogens (tertiary/aromatic N) is 2. The largest absolute Gasteiger partial charge is 0.439 e. The molecule has 0 saturated carbocycles. The first-order valence-electron chi connectivity index (χ1n) is 8.71. The molecule has 0 saturated heterocycles. The fraction of sp³-hybridized carbons (Fsp3) is 0.136. The summed E-state index contributed by atoms with van der Waals surface area (Å²) >= 11 is 0. The average Bonchev–Trinajstić information content (AvgIpc) is 2.73. The van der Waals surface area contributed by atoms with Gasteiger partial charge in [0.25, 0.3) is 5.91 Å². The molecule has 0 aliphatic rings. The van der Waals surface area contributed by atoms with Crippen molar-refractivity contribution in [3.63, 3.8) is 0 Å². The zero-order valence-electron chi connectivity index (χ0n) is 15.3. The molecule has 6 heteroatoms. The summed E-state index contributed by atoms with van der Waals surface area (Å²) in [5.74, 6) is 6.05. The Labute approximate surface area is 163 Å². The van der Waals surface area contributed by atoms with Gasteiger partial charge in [-0.2, -0.15) is 0 Å². The third kappa shape index (κ3) is 5.16. The molecule has 1 amide bonds. The van der Waals surface area contributed by atoms with E-state index in [4.69, 9.17) is 9.84 Å². The van der Waals surface area contributed by atoms with Gasteiger partial charge in [-0.25, -0.2) is 9.97 Å². The second-order valence-corrected chi connectivity index (χ2v) is 5.93. The number of aliphatic hydroxyl groups is 1. The smallest absolute Gasteiger partial charge is 0.251 e. The van der Waals surface area contributed by atoms with Crippen LogP contribution in [0.15, 0.2) is 67.0 Å². The van der Waals surface area contributed by atoms with E-state index in [-0.39, 0.29) is 18.6 Å². The highest BCUT2D eigenvalue weighted by Gasteiger charge is 2.12. The normalized spacial score (nSPS) is 11.1. The Balaban J connectivity index is 1.71. The molecule has 0 aliphatic carbocycles. The maximum absolute atomic E-state index is 12.3. The predicted octanol–water partition coefficient (Wildman–Crippen LogP) is 3.10. The van der Waals surface area contributed by atoms with Gasteiger partial charge < -0.3 is 15.2 Å². The number of hydrogen-bond donors (Lipinski definition) is 2. The van der Waals surface area contributed by atoms with E-state index in [0.29, 0.717) is 22.9 Å². The van der Waals surface area contributed by atoms with Crippen molar-refractivity contribution in [2.45, 2.75) is 13.0 Å². The third-order valence-electron chi connectivity index (χ3n) is 3.89. The molecule has 0 bridgehead atoms. The lowest BCUT2D eigenvalue weighted by atomic mass is 10.1. The van der Waals surface area contributed by atoms with Crippen LogP contribution in [0, 0.1) is 11.8 Å². The Morgan fingerprint density at radius 2 is 1.93 bits per heavy atom. The van der Waals surface area contributed by atoms with Crippen molar-refractivity contribution in [1.82, 2.24) is 15.3 Å². The first-order valence-corrected chi connectivity index (χ1v) is 8.71. The molecule has 1 unspecified atom stereocenters. The fourth-order valence-electron chi connectivity index (χ4n) is 2.50. The van der Waals surface area contributed by atoms with Gasteiger partial charge in [0.1, 0.15) is 18.1 Å². The molecule has 140 valence electrons. The van der Waals surface area contributed by atoms with E-state index < -0.39 is 0 Å². The lowest BCUT2D eigenvalue weighted by Crippen LogP contribution is -2.26. The Morgan fingerprint density at radius 1 is 1.14 bits per heavy atom. The highest BCUT2D eigenvalue weighted by atomic mass is 16.5. The van der Waals surface area contributed by atoms with Gasteiger partial charge in [-0.3, -0.25) is 4.79 Å². The van der Waals surface area contributed by atoms with Gasteiger partial charge in [0, 0.05) is 30.1 Å². The standard InChI is InChI=1S/C22H19N3O3/c1-16(25-22(27)17-6-3-2-4-7-17)18-9-11-24-21(14-18)28-20-10-12-23-19(15-20)8-5-13-26/h2-4,6-7,9-12,14-16,26H,13H2,1H3,(H,25,27). The molecule has 3 aromatic rings. The van der Waals surface area contributed by atoms with Crippen LogP contribution >= 0.6 is 0 Å². The van der Waals surface area contributed by atoms with E-state index in [0.717, 1.165) is 5.56 Å². The van der Waals surface area contributed by atoms with Crippen LogP contribution in [0.3, 0.4) is 0 Å². The van der Waals surface area contributed by atoms with Crippen molar-refractivity contribution in [2.24, 2.45) is 0 Å². The van der Waals surface area contributed by atoms with Gasteiger partial charge in [-0.05, 0) is 42.7 Å². The molecule has 0 fully saturated rings. The summed E-state index contributed by atoms with van der Waals surface area (Å²) < 4.78 is 5.79. The summed E-state index contributed by atoms with van der Waals surface area (Å²) in [6.07, 6.45) is 3.20. The summed E-state index contributed by atoms with van der Waals surface area (Å²) in [5.41, 5.74) is 1.96. The Hall–Kier alpha value is -3.69. The number of aromatic nitrogens is 2. The molecule has 1 atom stereocenters. The molecule has 3 rings (SSSR count). The van der Waals surface area contributed by atoms with Crippen LogP contribution in [0.1, 0.15) is 34.6 Å². The fourth-order valence-corrected chi connectivity index (χ4v) is 2.50. The zero-order chi connectivity index (χ0) is 19.8. The van der Waals surface area contributed by atoms with Crippen molar-refractivity contribution in [3.8, 4) is 23.5 Å². The molecule has 0 aliphatic heterocycles. The Morgan fingerprint density at radius 3 is 2.71 bits per heavy atom. The molecule has 2 aromatic heterocycles. The monoisotopic (exact) mass is 373 g/mol. The number of amides is 1. The Kier molecular flexibility index (Phi) is 6.34. The highest BCUT2D eigenvalue weighted by Crippen LogP contribution is 2.22. The van der Waals surface area contributed by atoms with Crippen LogP contribution in [0.5, 0.6) is 11.6 Å². The number of ether oxygens (including phenoxy) is 1. The molecule has 28 heavy (non-hydrogen) atoms. The number of aliphatic hydroxyl groups excluding tert-OH is 1. The number of pyridine rings is 2. The van der Waals surface area contributed by atoms with E-state index in [1.165, 1.54) is 0 Å². The lowest BCUT2D eigenvalue weighted by Gasteiger charge is -2.15. The summed E-state index contributed by atoms with van der Waals surface area (Å²) in [5, 5.41) is 11.7. The molecular weight excluding hydrogens is 354 g/mol. The van der Waals surface area contributed by atoms with E-state index in [1.807, 2.05) is 31.2 Å². The lowest BCUT2D eigenvalue weighted by molar-refractivity contribution is 0.0940. The average molecular weight is 373 g/mol. The second-order valence-electron chi connectivity index (χ2n) is 5.93. The number of carbonyl (C=O) groups excluding carboxylic acids is 1. The number of benzene rings is 1.